The zero-order chi connectivity index (χ0) is 12.3. The van der Waals surface area contributed by atoms with E-state index in [1.54, 1.807) is 0 Å². The first-order chi connectivity index (χ1) is 8.20. The molecule has 0 bridgehead atoms. The van der Waals surface area contributed by atoms with Gasteiger partial charge in [-0.05, 0) is 36.8 Å². The first-order valence-corrected chi connectivity index (χ1v) is 6.84. The molecule has 0 saturated heterocycles. The van der Waals surface area contributed by atoms with Crippen LogP contribution in [0.4, 0.5) is 0 Å². The molecule has 2 N–H and O–H groups in total. The monoisotopic (exact) mass is 266 g/mol. The maximum atomic E-state index is 11.8. The molecule has 0 aliphatic rings. The Kier molecular flexibility index (Phi) is 3.91. The molecule has 0 radical (unpaired) electrons. The molecule has 5 heteroatoms. The molecule has 1 heterocycles. The number of benzene rings is 1. The van der Waals surface area contributed by atoms with Gasteiger partial charge < -0.3 is 10.3 Å². The number of aromatic nitrogens is 1. The lowest BCUT2D eigenvalue weighted by Gasteiger charge is -2.03. The van der Waals surface area contributed by atoms with Gasteiger partial charge in [-0.2, -0.15) is 0 Å². The number of nitrogens with one attached hydrogen (secondary N) is 2. The number of H-pyrrole nitrogens is 1. The summed E-state index contributed by atoms with van der Waals surface area (Å²) in [4.78, 5) is 14.9. The van der Waals surface area contributed by atoms with Crippen molar-refractivity contribution < 1.29 is 4.79 Å². The highest BCUT2D eigenvalue weighted by Gasteiger charge is 2.06. The van der Waals surface area contributed by atoms with E-state index in [1.165, 1.54) is 11.3 Å². The van der Waals surface area contributed by atoms with Crippen molar-refractivity contribution in [3.63, 3.8) is 0 Å². The number of aromatic amines is 1. The summed E-state index contributed by atoms with van der Waals surface area (Å²) >= 11 is 6.59. The van der Waals surface area contributed by atoms with Gasteiger partial charge in [-0.25, -0.2) is 0 Å². The average molecular weight is 266 g/mol. The topological polar surface area (TPSA) is 44.9 Å². The SMILES string of the molecule is CCCCNC(=O)c1ccc2sc(=S)[nH]c2c1. The highest BCUT2D eigenvalue weighted by Crippen LogP contribution is 2.20. The Hall–Kier alpha value is -1.20. The van der Waals surface area contributed by atoms with Crippen molar-refractivity contribution in [1.29, 1.82) is 0 Å². The van der Waals surface area contributed by atoms with Crippen molar-refractivity contribution in [3.05, 3.63) is 27.7 Å². The van der Waals surface area contributed by atoms with Crippen molar-refractivity contribution in [1.82, 2.24) is 10.3 Å². The molecule has 0 aliphatic heterocycles. The maximum Gasteiger partial charge on any atom is 0.251 e. The van der Waals surface area contributed by atoms with Gasteiger partial charge in [0.25, 0.3) is 5.91 Å². The minimum absolute atomic E-state index is 0.0223. The summed E-state index contributed by atoms with van der Waals surface area (Å²) in [6.07, 6.45) is 2.09. The van der Waals surface area contributed by atoms with E-state index in [1.807, 2.05) is 18.2 Å². The third-order valence-electron chi connectivity index (χ3n) is 2.50. The summed E-state index contributed by atoms with van der Waals surface area (Å²) in [6, 6.07) is 5.62. The minimum Gasteiger partial charge on any atom is -0.352 e. The van der Waals surface area contributed by atoms with Crippen LogP contribution < -0.4 is 5.32 Å². The summed E-state index contributed by atoms with van der Waals surface area (Å²) in [5, 5.41) is 2.90. The third-order valence-corrected chi connectivity index (χ3v) is 3.71. The van der Waals surface area contributed by atoms with Crippen LogP contribution in [0.15, 0.2) is 18.2 Å². The first kappa shape index (κ1) is 12.3. The van der Waals surface area contributed by atoms with Gasteiger partial charge in [-0.3, -0.25) is 4.79 Å². The molecule has 0 unspecified atom stereocenters. The Labute approximate surface area is 109 Å². The van der Waals surface area contributed by atoms with Gasteiger partial charge in [0.2, 0.25) is 0 Å². The lowest BCUT2D eigenvalue weighted by Crippen LogP contribution is -2.24. The molecule has 2 aromatic rings. The molecule has 1 aromatic carbocycles. The largest absolute Gasteiger partial charge is 0.352 e. The van der Waals surface area contributed by atoms with E-state index in [0.717, 1.165) is 33.6 Å². The molecule has 1 amide bonds. The smallest absolute Gasteiger partial charge is 0.251 e. The molecule has 90 valence electrons. The second-order valence-corrected chi connectivity index (χ2v) is 5.55. The van der Waals surface area contributed by atoms with Crippen molar-refractivity contribution in [2.24, 2.45) is 0 Å². The van der Waals surface area contributed by atoms with Crippen LogP contribution >= 0.6 is 23.6 Å². The van der Waals surface area contributed by atoms with Crippen LogP contribution in [0.3, 0.4) is 0 Å². The fraction of sp³-hybridized carbons (Fsp3) is 0.333. The quantitative estimate of drug-likeness (QED) is 0.657. The van der Waals surface area contributed by atoms with Gasteiger partial charge in [0.15, 0.2) is 3.95 Å². The van der Waals surface area contributed by atoms with Crippen LogP contribution in [0, 0.1) is 3.95 Å². The van der Waals surface area contributed by atoms with E-state index in [0.29, 0.717) is 5.56 Å². The summed E-state index contributed by atoms with van der Waals surface area (Å²) < 4.78 is 1.82. The molecule has 0 atom stereocenters. The van der Waals surface area contributed by atoms with Crippen LogP contribution in [0.2, 0.25) is 0 Å². The van der Waals surface area contributed by atoms with Crippen molar-refractivity contribution in [2.75, 3.05) is 6.54 Å². The number of thiazole rings is 1. The highest BCUT2D eigenvalue weighted by molar-refractivity contribution is 7.73. The summed E-state index contributed by atoms with van der Waals surface area (Å²) in [5.74, 6) is -0.0223. The number of fused-ring (bicyclic) bond motifs is 1. The molecule has 1 aromatic heterocycles. The molecule has 17 heavy (non-hydrogen) atoms. The second kappa shape index (κ2) is 5.42. The van der Waals surface area contributed by atoms with Gasteiger partial charge in [-0.15, -0.1) is 11.3 Å². The van der Waals surface area contributed by atoms with Gasteiger partial charge in [0.1, 0.15) is 0 Å². The fourth-order valence-electron chi connectivity index (χ4n) is 1.57. The number of carbonyl (C=O) groups is 1. The predicted molar refractivity (Wildman–Crippen MR) is 74.3 cm³/mol. The van der Waals surface area contributed by atoms with Crippen molar-refractivity contribution in [2.45, 2.75) is 19.8 Å². The second-order valence-electron chi connectivity index (χ2n) is 3.83. The molecule has 0 aliphatic carbocycles. The lowest BCUT2D eigenvalue weighted by molar-refractivity contribution is 0.0953. The fourth-order valence-corrected chi connectivity index (χ4v) is 2.67. The van der Waals surface area contributed by atoms with Crippen LogP contribution in [0.25, 0.3) is 10.2 Å². The molecular formula is C12H14N2OS2. The summed E-state index contributed by atoms with van der Waals surface area (Å²) in [5.41, 5.74) is 1.61. The summed E-state index contributed by atoms with van der Waals surface area (Å²) in [7, 11) is 0. The maximum absolute atomic E-state index is 11.8. The molecule has 0 fully saturated rings. The van der Waals surface area contributed by atoms with Crippen molar-refractivity contribution in [3.8, 4) is 0 Å². The van der Waals surface area contributed by atoms with Crippen LogP contribution in [0.5, 0.6) is 0 Å². The number of carbonyl (C=O) groups excluding carboxylic acids is 1. The van der Waals surface area contributed by atoms with Crippen LogP contribution in [0.1, 0.15) is 30.1 Å². The molecule has 0 spiro atoms. The molecule has 0 saturated carbocycles. The number of rotatable bonds is 4. The lowest BCUT2D eigenvalue weighted by atomic mass is 10.2. The number of amides is 1. The zero-order valence-electron chi connectivity index (χ0n) is 9.58. The normalized spacial score (nSPS) is 10.6. The van der Waals surface area contributed by atoms with E-state index in [2.05, 4.69) is 17.2 Å². The van der Waals surface area contributed by atoms with E-state index in [4.69, 9.17) is 12.2 Å². The Morgan fingerprint density at radius 2 is 2.35 bits per heavy atom. The Balaban J connectivity index is 2.17. The van der Waals surface area contributed by atoms with Crippen LogP contribution in [-0.2, 0) is 0 Å². The molecule has 3 nitrogen and oxygen atoms in total. The highest BCUT2D eigenvalue weighted by atomic mass is 32.1. The number of hydrogen-bond donors (Lipinski definition) is 2. The summed E-state index contributed by atoms with van der Waals surface area (Å²) in [6.45, 7) is 2.83. The predicted octanol–water partition coefficient (Wildman–Crippen LogP) is 3.49. The first-order valence-electron chi connectivity index (χ1n) is 5.62. The third kappa shape index (κ3) is 2.92. The van der Waals surface area contributed by atoms with Gasteiger partial charge in [0.05, 0.1) is 10.2 Å². The van der Waals surface area contributed by atoms with Gasteiger partial charge in [0, 0.05) is 12.1 Å². The van der Waals surface area contributed by atoms with Crippen molar-refractivity contribution >= 4 is 39.7 Å². The molecular weight excluding hydrogens is 252 g/mol. The Bertz CT molecular complexity index is 585. The number of hydrogen-bond acceptors (Lipinski definition) is 3. The average Bonchev–Trinajstić information content (AvgIpc) is 2.68. The van der Waals surface area contributed by atoms with Gasteiger partial charge >= 0.3 is 0 Å². The van der Waals surface area contributed by atoms with Gasteiger partial charge in [-0.1, -0.05) is 13.3 Å². The number of unbranched alkanes of at least 4 members (excludes halogenated alkanes) is 1. The minimum atomic E-state index is -0.0223. The standard InChI is InChI=1S/C12H14N2OS2/c1-2-3-6-13-11(15)8-4-5-10-9(7-8)14-12(16)17-10/h4-5,7H,2-3,6H2,1H3,(H,13,15)(H,14,16). The molecule has 2 rings (SSSR count). The van der Waals surface area contributed by atoms with E-state index in [9.17, 15) is 4.79 Å². The van der Waals surface area contributed by atoms with E-state index < -0.39 is 0 Å². The Morgan fingerprint density at radius 1 is 1.53 bits per heavy atom. The zero-order valence-corrected chi connectivity index (χ0v) is 11.2. The van der Waals surface area contributed by atoms with Crippen LogP contribution in [-0.4, -0.2) is 17.4 Å². The van der Waals surface area contributed by atoms with E-state index >= 15 is 0 Å². The van der Waals surface area contributed by atoms with E-state index in [-0.39, 0.29) is 5.91 Å². The Morgan fingerprint density at radius 3 is 3.12 bits per heavy atom.